The SMILES string of the molecule is CCn1cc(NC(=O)C2(C)CCCNC2)ccc1=O.Cl. The number of carbonyl (C=O) groups is 1. The number of amides is 1. The molecule has 1 unspecified atom stereocenters. The van der Waals surface area contributed by atoms with E-state index in [0.29, 0.717) is 18.8 Å². The lowest BCUT2D eigenvalue weighted by Gasteiger charge is -2.32. The molecule has 2 N–H and O–H groups in total. The van der Waals surface area contributed by atoms with Crippen LogP contribution in [0.25, 0.3) is 0 Å². The molecule has 0 radical (unpaired) electrons. The van der Waals surface area contributed by atoms with Gasteiger partial charge in [0.15, 0.2) is 0 Å². The van der Waals surface area contributed by atoms with Crippen LogP contribution in [0.5, 0.6) is 0 Å². The predicted octanol–water partition coefficient (Wildman–Crippen LogP) is 1.62. The van der Waals surface area contributed by atoms with Crippen LogP contribution < -0.4 is 16.2 Å². The summed E-state index contributed by atoms with van der Waals surface area (Å²) in [5.41, 5.74) is 0.259. The zero-order valence-electron chi connectivity index (χ0n) is 11.9. The van der Waals surface area contributed by atoms with Gasteiger partial charge in [0.1, 0.15) is 0 Å². The molecule has 2 rings (SSSR count). The molecule has 0 aliphatic carbocycles. The molecule has 0 bridgehead atoms. The van der Waals surface area contributed by atoms with Crippen molar-refractivity contribution in [3.05, 3.63) is 28.7 Å². The van der Waals surface area contributed by atoms with Gasteiger partial charge in [0.2, 0.25) is 5.91 Å². The number of nitrogens with zero attached hydrogens (tertiary/aromatic N) is 1. The smallest absolute Gasteiger partial charge is 0.250 e. The Labute approximate surface area is 125 Å². The van der Waals surface area contributed by atoms with Crippen LogP contribution in [0.3, 0.4) is 0 Å². The Hall–Kier alpha value is -1.33. The minimum atomic E-state index is -0.370. The van der Waals surface area contributed by atoms with Gasteiger partial charge in [-0.2, -0.15) is 0 Å². The Morgan fingerprint density at radius 3 is 2.85 bits per heavy atom. The van der Waals surface area contributed by atoms with E-state index in [2.05, 4.69) is 10.6 Å². The Morgan fingerprint density at radius 2 is 2.25 bits per heavy atom. The van der Waals surface area contributed by atoms with E-state index < -0.39 is 0 Å². The van der Waals surface area contributed by atoms with E-state index in [9.17, 15) is 9.59 Å². The lowest BCUT2D eigenvalue weighted by molar-refractivity contribution is -0.125. The van der Waals surface area contributed by atoms with E-state index in [1.54, 1.807) is 16.8 Å². The number of hydrogen-bond acceptors (Lipinski definition) is 3. The fraction of sp³-hybridized carbons (Fsp3) is 0.571. The number of rotatable bonds is 3. The molecular formula is C14H22ClN3O2. The van der Waals surface area contributed by atoms with Gasteiger partial charge in [-0.1, -0.05) is 0 Å². The molecule has 1 aromatic heterocycles. The van der Waals surface area contributed by atoms with Crippen LogP contribution in [0, 0.1) is 5.41 Å². The molecule has 20 heavy (non-hydrogen) atoms. The Kier molecular flexibility index (Phi) is 5.77. The molecule has 5 nitrogen and oxygen atoms in total. The Bertz CT molecular complexity index is 521. The summed E-state index contributed by atoms with van der Waals surface area (Å²) in [5, 5.41) is 6.17. The van der Waals surface area contributed by atoms with Crippen LogP contribution in [0.2, 0.25) is 0 Å². The first kappa shape index (κ1) is 16.7. The number of carbonyl (C=O) groups excluding carboxylic acids is 1. The third kappa shape index (κ3) is 3.61. The monoisotopic (exact) mass is 299 g/mol. The largest absolute Gasteiger partial charge is 0.324 e. The third-order valence-corrected chi connectivity index (χ3v) is 3.73. The van der Waals surface area contributed by atoms with Gasteiger partial charge >= 0.3 is 0 Å². The van der Waals surface area contributed by atoms with Crippen molar-refractivity contribution in [3.8, 4) is 0 Å². The van der Waals surface area contributed by atoms with E-state index in [0.717, 1.165) is 19.4 Å². The average Bonchev–Trinajstić information content (AvgIpc) is 2.41. The molecular weight excluding hydrogens is 278 g/mol. The van der Waals surface area contributed by atoms with Gasteiger partial charge in [0, 0.05) is 25.4 Å². The molecule has 0 aromatic carbocycles. The van der Waals surface area contributed by atoms with Crippen molar-refractivity contribution in [1.82, 2.24) is 9.88 Å². The van der Waals surface area contributed by atoms with Crippen molar-refractivity contribution in [2.24, 2.45) is 5.41 Å². The summed E-state index contributed by atoms with van der Waals surface area (Å²) in [6.07, 6.45) is 3.59. The van der Waals surface area contributed by atoms with Crippen LogP contribution >= 0.6 is 12.4 Å². The van der Waals surface area contributed by atoms with Crippen molar-refractivity contribution >= 4 is 24.0 Å². The van der Waals surface area contributed by atoms with E-state index in [1.165, 1.54) is 6.07 Å². The molecule has 1 amide bonds. The van der Waals surface area contributed by atoms with Gasteiger partial charge in [-0.3, -0.25) is 9.59 Å². The van der Waals surface area contributed by atoms with Crippen molar-refractivity contribution in [3.63, 3.8) is 0 Å². The molecule has 112 valence electrons. The summed E-state index contributed by atoms with van der Waals surface area (Å²) in [6.45, 7) is 6.15. The Morgan fingerprint density at radius 1 is 1.50 bits per heavy atom. The van der Waals surface area contributed by atoms with Gasteiger partial charge < -0.3 is 15.2 Å². The second kappa shape index (κ2) is 6.90. The first-order valence-electron chi connectivity index (χ1n) is 6.78. The number of halogens is 1. The first-order chi connectivity index (χ1) is 9.05. The van der Waals surface area contributed by atoms with Gasteiger partial charge in [-0.15, -0.1) is 12.4 Å². The summed E-state index contributed by atoms with van der Waals surface area (Å²) >= 11 is 0. The second-order valence-electron chi connectivity index (χ2n) is 5.34. The molecule has 0 spiro atoms. The fourth-order valence-electron chi connectivity index (χ4n) is 2.38. The highest BCUT2D eigenvalue weighted by molar-refractivity contribution is 5.95. The summed E-state index contributed by atoms with van der Waals surface area (Å²) in [6, 6.07) is 3.15. The first-order valence-corrected chi connectivity index (χ1v) is 6.78. The number of aromatic nitrogens is 1. The van der Waals surface area contributed by atoms with Gasteiger partial charge in [0.05, 0.1) is 11.1 Å². The lowest BCUT2D eigenvalue weighted by Crippen LogP contribution is -2.46. The maximum atomic E-state index is 12.3. The van der Waals surface area contributed by atoms with Crippen molar-refractivity contribution in [2.45, 2.75) is 33.2 Å². The minimum Gasteiger partial charge on any atom is -0.324 e. The normalized spacial score (nSPS) is 21.9. The predicted molar refractivity (Wildman–Crippen MR) is 82.5 cm³/mol. The molecule has 2 heterocycles. The number of hydrogen-bond donors (Lipinski definition) is 2. The quantitative estimate of drug-likeness (QED) is 0.891. The van der Waals surface area contributed by atoms with E-state index >= 15 is 0 Å². The summed E-state index contributed by atoms with van der Waals surface area (Å²) in [7, 11) is 0. The van der Waals surface area contributed by atoms with Crippen LogP contribution in [0.1, 0.15) is 26.7 Å². The molecule has 1 saturated heterocycles. The number of anilines is 1. The minimum absolute atomic E-state index is 0. The molecule has 1 aliphatic heterocycles. The van der Waals surface area contributed by atoms with Crippen LogP contribution in [0.15, 0.2) is 23.1 Å². The maximum absolute atomic E-state index is 12.3. The highest BCUT2D eigenvalue weighted by Gasteiger charge is 2.34. The Balaban J connectivity index is 0.00000200. The van der Waals surface area contributed by atoms with Gasteiger partial charge in [0.25, 0.3) is 5.56 Å². The number of piperidine rings is 1. The molecule has 1 aliphatic rings. The molecule has 0 saturated carbocycles. The highest BCUT2D eigenvalue weighted by Crippen LogP contribution is 2.26. The lowest BCUT2D eigenvalue weighted by atomic mass is 9.82. The zero-order chi connectivity index (χ0) is 13.9. The van der Waals surface area contributed by atoms with Gasteiger partial charge in [-0.25, -0.2) is 0 Å². The van der Waals surface area contributed by atoms with Crippen LogP contribution in [0.4, 0.5) is 5.69 Å². The summed E-state index contributed by atoms with van der Waals surface area (Å²) in [4.78, 5) is 23.8. The van der Waals surface area contributed by atoms with Gasteiger partial charge in [-0.05, 0) is 39.3 Å². The summed E-state index contributed by atoms with van der Waals surface area (Å²) < 4.78 is 1.58. The van der Waals surface area contributed by atoms with Crippen molar-refractivity contribution < 1.29 is 4.79 Å². The van der Waals surface area contributed by atoms with E-state index in [4.69, 9.17) is 0 Å². The van der Waals surface area contributed by atoms with Crippen LogP contribution in [-0.4, -0.2) is 23.6 Å². The third-order valence-electron chi connectivity index (χ3n) is 3.73. The highest BCUT2D eigenvalue weighted by atomic mass is 35.5. The van der Waals surface area contributed by atoms with Crippen molar-refractivity contribution in [1.29, 1.82) is 0 Å². The number of aryl methyl sites for hydroxylation is 1. The number of pyridine rings is 1. The number of nitrogens with one attached hydrogen (secondary N) is 2. The zero-order valence-corrected chi connectivity index (χ0v) is 12.8. The second-order valence-corrected chi connectivity index (χ2v) is 5.34. The van der Waals surface area contributed by atoms with E-state index in [1.807, 2.05) is 13.8 Å². The topological polar surface area (TPSA) is 63.1 Å². The molecule has 6 heteroatoms. The molecule has 1 atom stereocenters. The maximum Gasteiger partial charge on any atom is 0.250 e. The van der Waals surface area contributed by atoms with Crippen LogP contribution in [-0.2, 0) is 11.3 Å². The fourth-order valence-corrected chi connectivity index (χ4v) is 2.38. The summed E-state index contributed by atoms with van der Waals surface area (Å²) in [5.74, 6) is 0.0148. The standard InChI is InChI=1S/C14H21N3O2.ClH/c1-3-17-9-11(5-6-12(17)18)16-13(19)14(2)7-4-8-15-10-14;/h5-6,9,15H,3-4,7-8,10H2,1-2H3,(H,16,19);1H. The molecule has 1 fully saturated rings. The van der Waals surface area contributed by atoms with Crippen molar-refractivity contribution in [2.75, 3.05) is 18.4 Å². The van der Waals surface area contributed by atoms with E-state index in [-0.39, 0.29) is 29.3 Å². The average molecular weight is 300 g/mol. The molecule has 1 aromatic rings.